The number of amides is 1. The molecule has 2 nitrogen and oxygen atoms in total. The van der Waals surface area contributed by atoms with Gasteiger partial charge in [0.2, 0.25) is 0 Å². The number of hydrogen-bond acceptors (Lipinski definition) is 1. The molecule has 1 N–H and O–H groups in total. The maximum atomic E-state index is 12.0. The average molecular weight is 235 g/mol. The van der Waals surface area contributed by atoms with E-state index in [4.69, 9.17) is 0 Å². The first kappa shape index (κ1) is 10.8. The molecule has 1 aliphatic rings. The molecule has 0 unspecified atom stereocenters. The van der Waals surface area contributed by atoms with E-state index in [9.17, 15) is 4.79 Å². The zero-order valence-electron chi connectivity index (χ0n) is 9.89. The van der Waals surface area contributed by atoms with Crippen LogP contribution in [0, 0.1) is 0 Å². The molecule has 0 spiro atoms. The van der Waals surface area contributed by atoms with Crippen LogP contribution in [0.4, 0.5) is 5.69 Å². The molecule has 3 rings (SSSR count). The number of rotatable bonds is 1. The van der Waals surface area contributed by atoms with E-state index in [0.717, 1.165) is 16.8 Å². The van der Waals surface area contributed by atoms with Crippen molar-refractivity contribution < 1.29 is 4.79 Å². The number of benzene rings is 2. The van der Waals surface area contributed by atoms with Gasteiger partial charge in [0.05, 0.1) is 0 Å². The van der Waals surface area contributed by atoms with Crippen molar-refractivity contribution in [1.82, 2.24) is 0 Å². The topological polar surface area (TPSA) is 29.1 Å². The summed E-state index contributed by atoms with van der Waals surface area (Å²) >= 11 is 0. The van der Waals surface area contributed by atoms with Crippen molar-refractivity contribution in [2.75, 3.05) is 5.32 Å². The Morgan fingerprint density at radius 1 is 0.944 bits per heavy atom. The lowest BCUT2D eigenvalue weighted by Crippen LogP contribution is -2.21. The van der Waals surface area contributed by atoms with E-state index in [-0.39, 0.29) is 5.91 Å². The number of anilines is 1. The quantitative estimate of drug-likeness (QED) is 0.755. The molecule has 0 bridgehead atoms. The van der Waals surface area contributed by atoms with Crippen LogP contribution in [0.25, 0.3) is 6.08 Å². The lowest BCUT2D eigenvalue weighted by molar-refractivity contribution is -0.113. The Morgan fingerprint density at radius 3 is 2.50 bits per heavy atom. The Labute approximate surface area is 106 Å². The van der Waals surface area contributed by atoms with Crippen molar-refractivity contribution in [3.05, 3.63) is 71.3 Å². The molecular weight excluding hydrogens is 222 g/mol. The summed E-state index contributed by atoms with van der Waals surface area (Å²) in [6.45, 7) is 0. The third-order valence-corrected chi connectivity index (χ3v) is 3.08. The van der Waals surface area contributed by atoms with Crippen LogP contribution in [0.1, 0.15) is 11.1 Å². The molecule has 18 heavy (non-hydrogen) atoms. The first-order valence-electron chi connectivity index (χ1n) is 5.98. The lowest BCUT2D eigenvalue weighted by atomic mass is 9.97. The highest BCUT2D eigenvalue weighted by atomic mass is 16.1. The molecule has 0 saturated carbocycles. The number of nitrogens with one attached hydrogen (secondary N) is 1. The van der Waals surface area contributed by atoms with Gasteiger partial charge in [-0.1, -0.05) is 48.5 Å². The molecule has 2 aromatic carbocycles. The molecule has 1 amide bonds. The van der Waals surface area contributed by atoms with Crippen LogP contribution in [-0.4, -0.2) is 5.91 Å². The highest BCUT2D eigenvalue weighted by Crippen LogP contribution is 2.25. The van der Waals surface area contributed by atoms with Gasteiger partial charge in [0.15, 0.2) is 0 Å². The predicted octanol–water partition coefficient (Wildman–Crippen LogP) is 3.26. The minimum Gasteiger partial charge on any atom is -0.322 e. The minimum absolute atomic E-state index is 0.00227. The number of fused-ring (bicyclic) bond motifs is 1. The largest absolute Gasteiger partial charge is 0.322 e. The third kappa shape index (κ3) is 2.05. The fraction of sp³-hybridized carbons (Fsp3) is 0.0625. The number of carbonyl (C=O) groups is 1. The Morgan fingerprint density at radius 2 is 1.67 bits per heavy atom. The van der Waals surface area contributed by atoms with Gasteiger partial charge in [-0.25, -0.2) is 0 Å². The van der Waals surface area contributed by atoms with E-state index in [1.807, 2.05) is 60.7 Å². The van der Waals surface area contributed by atoms with Crippen LogP contribution >= 0.6 is 0 Å². The van der Waals surface area contributed by atoms with Crippen molar-refractivity contribution in [2.24, 2.45) is 0 Å². The van der Waals surface area contributed by atoms with Crippen molar-refractivity contribution in [1.29, 1.82) is 0 Å². The highest BCUT2D eigenvalue weighted by Gasteiger charge is 2.18. The predicted molar refractivity (Wildman–Crippen MR) is 73.2 cm³/mol. The van der Waals surface area contributed by atoms with E-state index in [0.29, 0.717) is 6.42 Å². The van der Waals surface area contributed by atoms with E-state index in [1.54, 1.807) is 0 Å². The van der Waals surface area contributed by atoms with Gasteiger partial charge in [0.1, 0.15) is 0 Å². The van der Waals surface area contributed by atoms with Crippen LogP contribution in [0.3, 0.4) is 0 Å². The Bertz CT molecular complexity index is 614. The van der Waals surface area contributed by atoms with Crippen LogP contribution in [0.2, 0.25) is 0 Å². The van der Waals surface area contributed by atoms with Crippen molar-refractivity contribution >= 4 is 17.7 Å². The van der Waals surface area contributed by atoms with Gasteiger partial charge in [-0.3, -0.25) is 4.79 Å². The Balaban J connectivity index is 1.96. The van der Waals surface area contributed by atoms with E-state index in [1.165, 1.54) is 5.56 Å². The summed E-state index contributed by atoms with van der Waals surface area (Å²) in [5.41, 5.74) is 3.95. The molecule has 1 heterocycles. The first-order valence-corrected chi connectivity index (χ1v) is 5.98. The SMILES string of the molecule is O=C1Nc2ccccc2C/C1=C/c1ccccc1. The van der Waals surface area contributed by atoms with Gasteiger partial charge in [0.25, 0.3) is 5.91 Å². The monoisotopic (exact) mass is 235 g/mol. The fourth-order valence-corrected chi connectivity index (χ4v) is 2.15. The van der Waals surface area contributed by atoms with Gasteiger partial charge >= 0.3 is 0 Å². The molecule has 0 saturated heterocycles. The van der Waals surface area contributed by atoms with Crippen molar-refractivity contribution in [2.45, 2.75) is 6.42 Å². The zero-order valence-corrected chi connectivity index (χ0v) is 9.89. The molecular formula is C16H13NO. The van der Waals surface area contributed by atoms with E-state index >= 15 is 0 Å². The molecule has 0 aromatic heterocycles. The van der Waals surface area contributed by atoms with Crippen LogP contribution in [0.5, 0.6) is 0 Å². The number of para-hydroxylation sites is 1. The second-order valence-corrected chi connectivity index (χ2v) is 4.37. The molecule has 2 heteroatoms. The minimum atomic E-state index is -0.00227. The maximum Gasteiger partial charge on any atom is 0.251 e. The summed E-state index contributed by atoms with van der Waals surface area (Å²) in [6.07, 6.45) is 2.64. The highest BCUT2D eigenvalue weighted by molar-refractivity contribution is 6.09. The average Bonchev–Trinajstić information content (AvgIpc) is 2.41. The molecule has 2 aromatic rings. The van der Waals surface area contributed by atoms with Gasteiger partial charge in [-0.15, -0.1) is 0 Å². The van der Waals surface area contributed by atoms with Gasteiger partial charge in [-0.05, 0) is 23.3 Å². The first-order chi connectivity index (χ1) is 8.83. The molecule has 88 valence electrons. The standard InChI is InChI=1S/C16H13NO/c18-16-14(10-12-6-2-1-3-7-12)11-13-8-4-5-9-15(13)17-16/h1-10H,11H2,(H,17,18)/b14-10-. The summed E-state index contributed by atoms with van der Waals surface area (Å²) in [5.74, 6) is -0.00227. The van der Waals surface area contributed by atoms with Gasteiger partial charge in [0, 0.05) is 17.7 Å². The van der Waals surface area contributed by atoms with E-state index in [2.05, 4.69) is 5.32 Å². The molecule has 0 radical (unpaired) electrons. The third-order valence-electron chi connectivity index (χ3n) is 3.08. The van der Waals surface area contributed by atoms with Crippen molar-refractivity contribution in [3.63, 3.8) is 0 Å². The molecule has 0 atom stereocenters. The molecule has 0 aliphatic carbocycles. The summed E-state index contributed by atoms with van der Waals surface area (Å²) in [4.78, 5) is 12.0. The normalized spacial score (nSPS) is 16.2. The van der Waals surface area contributed by atoms with Gasteiger partial charge < -0.3 is 5.32 Å². The summed E-state index contributed by atoms with van der Waals surface area (Å²) in [6, 6.07) is 17.8. The molecule has 0 fully saturated rings. The lowest BCUT2D eigenvalue weighted by Gasteiger charge is -2.19. The zero-order chi connectivity index (χ0) is 12.4. The van der Waals surface area contributed by atoms with Gasteiger partial charge in [-0.2, -0.15) is 0 Å². The Hall–Kier alpha value is -2.35. The number of carbonyl (C=O) groups excluding carboxylic acids is 1. The molecule has 1 aliphatic heterocycles. The summed E-state index contributed by atoms with van der Waals surface area (Å²) < 4.78 is 0. The van der Waals surface area contributed by atoms with Crippen LogP contribution < -0.4 is 5.32 Å². The van der Waals surface area contributed by atoms with Crippen molar-refractivity contribution in [3.8, 4) is 0 Å². The van der Waals surface area contributed by atoms with Crippen LogP contribution in [-0.2, 0) is 11.2 Å². The summed E-state index contributed by atoms with van der Waals surface area (Å²) in [5, 5.41) is 2.92. The van der Waals surface area contributed by atoms with Crippen LogP contribution in [0.15, 0.2) is 60.2 Å². The second-order valence-electron chi connectivity index (χ2n) is 4.37. The summed E-state index contributed by atoms with van der Waals surface area (Å²) in [7, 11) is 0. The smallest absolute Gasteiger partial charge is 0.251 e. The second kappa shape index (κ2) is 4.49. The number of hydrogen-bond donors (Lipinski definition) is 1. The Kier molecular flexibility index (Phi) is 2.69. The van der Waals surface area contributed by atoms with E-state index < -0.39 is 0 Å². The maximum absolute atomic E-state index is 12.0. The fourth-order valence-electron chi connectivity index (χ4n) is 2.15.